The number of nitrogens with zero attached hydrogens (tertiary/aromatic N) is 2. The van der Waals surface area contributed by atoms with Crippen LogP contribution in [0.15, 0.2) is 31.6 Å². The van der Waals surface area contributed by atoms with E-state index in [9.17, 15) is 4.79 Å². The van der Waals surface area contributed by atoms with Crippen LogP contribution in [0.3, 0.4) is 0 Å². The van der Waals surface area contributed by atoms with E-state index in [1.807, 2.05) is 12.1 Å². The Labute approximate surface area is 160 Å². The van der Waals surface area contributed by atoms with Crippen LogP contribution in [0.1, 0.15) is 18.2 Å². The van der Waals surface area contributed by atoms with Gasteiger partial charge in [0.05, 0.1) is 36.5 Å². The molecule has 2 rings (SSSR count). The molecule has 128 valence electrons. The standard InChI is InChI=1S/C15H15Br2N3O3S/c1-3-23-14(21)5-10-8-24-15(19-10)20-18-7-9-4-13(22-2)12(17)6-11(9)16/h4,6-8H,3,5H2,1-2H3,(H,19,20). The van der Waals surface area contributed by atoms with Gasteiger partial charge in [0.1, 0.15) is 5.75 Å². The number of hydrazone groups is 1. The Morgan fingerprint density at radius 3 is 2.92 bits per heavy atom. The van der Waals surface area contributed by atoms with Crippen LogP contribution in [-0.2, 0) is 16.0 Å². The second-order valence-corrected chi connectivity index (χ2v) is 7.07. The van der Waals surface area contributed by atoms with E-state index in [1.165, 1.54) is 11.3 Å². The largest absolute Gasteiger partial charge is 0.496 e. The van der Waals surface area contributed by atoms with Crippen molar-refractivity contribution >= 4 is 60.5 Å². The Balaban J connectivity index is 2.00. The van der Waals surface area contributed by atoms with Crippen LogP contribution in [0.5, 0.6) is 5.75 Å². The highest BCUT2D eigenvalue weighted by molar-refractivity contribution is 9.11. The first-order valence-corrected chi connectivity index (χ1v) is 9.42. The summed E-state index contributed by atoms with van der Waals surface area (Å²) in [6.07, 6.45) is 1.82. The van der Waals surface area contributed by atoms with E-state index in [0.717, 1.165) is 14.5 Å². The van der Waals surface area contributed by atoms with Gasteiger partial charge in [-0.1, -0.05) is 15.9 Å². The number of carbonyl (C=O) groups excluding carboxylic acids is 1. The SMILES string of the molecule is CCOC(=O)Cc1csc(NN=Cc2cc(OC)c(Br)cc2Br)n1. The maximum atomic E-state index is 11.4. The summed E-state index contributed by atoms with van der Waals surface area (Å²) in [5.41, 5.74) is 4.36. The molecule has 1 aromatic heterocycles. The molecule has 0 atom stereocenters. The number of thiazole rings is 1. The van der Waals surface area contributed by atoms with Gasteiger partial charge in [-0.15, -0.1) is 11.3 Å². The minimum atomic E-state index is -0.288. The van der Waals surface area contributed by atoms with Gasteiger partial charge >= 0.3 is 5.97 Å². The number of methoxy groups -OCH3 is 1. The van der Waals surface area contributed by atoms with Gasteiger partial charge in [0.2, 0.25) is 5.13 Å². The summed E-state index contributed by atoms with van der Waals surface area (Å²) in [4.78, 5) is 15.7. The van der Waals surface area contributed by atoms with Crippen molar-refractivity contribution in [2.24, 2.45) is 5.10 Å². The minimum absolute atomic E-state index is 0.158. The number of ether oxygens (including phenoxy) is 2. The quantitative estimate of drug-likeness (QED) is 0.367. The Hall–Kier alpha value is -1.45. The predicted octanol–water partition coefficient (Wildman–Crippen LogP) is 4.23. The van der Waals surface area contributed by atoms with Crippen LogP contribution >= 0.6 is 43.2 Å². The Morgan fingerprint density at radius 2 is 2.21 bits per heavy atom. The van der Waals surface area contributed by atoms with Gasteiger partial charge in [-0.25, -0.2) is 4.98 Å². The predicted molar refractivity (Wildman–Crippen MR) is 102 cm³/mol. The molecule has 0 bridgehead atoms. The molecule has 24 heavy (non-hydrogen) atoms. The zero-order chi connectivity index (χ0) is 17.5. The molecule has 0 spiro atoms. The third-order valence-electron chi connectivity index (χ3n) is 2.82. The summed E-state index contributed by atoms with van der Waals surface area (Å²) in [5.74, 6) is 0.425. The van der Waals surface area contributed by atoms with Gasteiger partial charge in [-0.05, 0) is 35.0 Å². The third kappa shape index (κ3) is 5.29. The average Bonchev–Trinajstić information content (AvgIpc) is 2.97. The van der Waals surface area contributed by atoms with E-state index in [2.05, 4.69) is 47.4 Å². The van der Waals surface area contributed by atoms with E-state index >= 15 is 0 Å². The molecule has 0 aliphatic rings. The zero-order valence-electron chi connectivity index (χ0n) is 13.0. The molecular formula is C15H15Br2N3O3S. The first-order chi connectivity index (χ1) is 11.5. The lowest BCUT2D eigenvalue weighted by Crippen LogP contribution is -2.07. The number of hydrogen-bond acceptors (Lipinski definition) is 7. The second kappa shape index (κ2) is 9.14. The Bertz CT molecular complexity index is 750. The molecule has 1 heterocycles. The summed E-state index contributed by atoms with van der Waals surface area (Å²) in [6.45, 7) is 2.14. The molecule has 0 saturated carbocycles. The van der Waals surface area contributed by atoms with Crippen molar-refractivity contribution in [3.63, 3.8) is 0 Å². The Morgan fingerprint density at radius 1 is 1.42 bits per heavy atom. The van der Waals surface area contributed by atoms with Crippen molar-refractivity contribution in [2.45, 2.75) is 13.3 Å². The highest BCUT2D eigenvalue weighted by Gasteiger charge is 2.08. The zero-order valence-corrected chi connectivity index (χ0v) is 17.0. The maximum absolute atomic E-state index is 11.4. The molecule has 0 amide bonds. The number of benzene rings is 1. The lowest BCUT2D eigenvalue weighted by Gasteiger charge is -2.06. The van der Waals surface area contributed by atoms with Gasteiger partial charge in [-0.2, -0.15) is 5.10 Å². The van der Waals surface area contributed by atoms with Crippen LogP contribution in [0.4, 0.5) is 5.13 Å². The second-order valence-electron chi connectivity index (χ2n) is 4.50. The van der Waals surface area contributed by atoms with Crippen molar-refractivity contribution in [1.82, 2.24) is 4.98 Å². The van der Waals surface area contributed by atoms with Gasteiger partial charge in [0, 0.05) is 15.4 Å². The number of rotatable bonds is 7. The molecular weight excluding hydrogens is 462 g/mol. The summed E-state index contributed by atoms with van der Waals surface area (Å²) in [7, 11) is 1.60. The highest BCUT2D eigenvalue weighted by atomic mass is 79.9. The number of carbonyl (C=O) groups is 1. The van der Waals surface area contributed by atoms with Crippen LogP contribution in [0, 0.1) is 0 Å². The summed E-state index contributed by atoms with van der Waals surface area (Å²) in [6, 6.07) is 3.74. The van der Waals surface area contributed by atoms with Gasteiger partial charge in [0.25, 0.3) is 0 Å². The minimum Gasteiger partial charge on any atom is -0.496 e. The smallest absolute Gasteiger partial charge is 0.311 e. The number of anilines is 1. The highest BCUT2D eigenvalue weighted by Crippen LogP contribution is 2.30. The summed E-state index contributed by atoms with van der Waals surface area (Å²) >= 11 is 8.26. The van der Waals surface area contributed by atoms with E-state index < -0.39 is 0 Å². The number of esters is 1. The van der Waals surface area contributed by atoms with E-state index in [1.54, 1.807) is 25.6 Å². The molecule has 2 aromatic rings. The molecule has 6 nitrogen and oxygen atoms in total. The fraction of sp³-hybridized carbons (Fsp3) is 0.267. The van der Waals surface area contributed by atoms with E-state index in [4.69, 9.17) is 9.47 Å². The average molecular weight is 477 g/mol. The topological polar surface area (TPSA) is 72.8 Å². The fourth-order valence-electron chi connectivity index (χ4n) is 1.76. The molecule has 9 heteroatoms. The maximum Gasteiger partial charge on any atom is 0.311 e. The normalized spacial score (nSPS) is 10.8. The first-order valence-electron chi connectivity index (χ1n) is 6.95. The number of hydrogen-bond donors (Lipinski definition) is 1. The van der Waals surface area contributed by atoms with Crippen molar-refractivity contribution in [3.05, 3.63) is 37.7 Å². The van der Waals surface area contributed by atoms with Gasteiger partial charge < -0.3 is 9.47 Å². The molecule has 0 unspecified atom stereocenters. The fourth-order valence-corrected chi connectivity index (χ4v) is 3.67. The summed E-state index contributed by atoms with van der Waals surface area (Å²) < 4.78 is 11.9. The molecule has 0 aliphatic carbocycles. The van der Waals surface area contributed by atoms with Crippen LogP contribution < -0.4 is 10.2 Å². The number of aromatic nitrogens is 1. The van der Waals surface area contributed by atoms with Crippen molar-refractivity contribution in [1.29, 1.82) is 0 Å². The molecule has 0 radical (unpaired) electrons. The molecule has 0 aliphatic heterocycles. The third-order valence-corrected chi connectivity index (χ3v) is 4.92. The summed E-state index contributed by atoms with van der Waals surface area (Å²) in [5, 5.41) is 6.56. The van der Waals surface area contributed by atoms with Crippen molar-refractivity contribution in [2.75, 3.05) is 19.1 Å². The number of nitrogens with one attached hydrogen (secondary N) is 1. The molecule has 0 saturated heterocycles. The monoisotopic (exact) mass is 475 g/mol. The van der Waals surface area contributed by atoms with Crippen molar-refractivity contribution < 1.29 is 14.3 Å². The Kier molecular flexibility index (Phi) is 7.19. The van der Waals surface area contributed by atoms with E-state index in [-0.39, 0.29) is 12.4 Å². The lowest BCUT2D eigenvalue weighted by molar-refractivity contribution is -0.142. The number of halogens is 2. The lowest BCUT2D eigenvalue weighted by atomic mass is 10.2. The van der Waals surface area contributed by atoms with Gasteiger partial charge in [-0.3, -0.25) is 10.2 Å². The molecule has 1 aromatic carbocycles. The van der Waals surface area contributed by atoms with Crippen LogP contribution in [0.2, 0.25) is 0 Å². The molecule has 1 N–H and O–H groups in total. The van der Waals surface area contributed by atoms with Gasteiger partial charge in [0.15, 0.2) is 0 Å². The van der Waals surface area contributed by atoms with Crippen molar-refractivity contribution in [3.8, 4) is 5.75 Å². The van der Waals surface area contributed by atoms with Crippen LogP contribution in [-0.4, -0.2) is 30.9 Å². The molecule has 0 fully saturated rings. The van der Waals surface area contributed by atoms with Crippen LogP contribution in [0.25, 0.3) is 0 Å². The first kappa shape index (κ1) is 18.9. The van der Waals surface area contributed by atoms with E-state index in [0.29, 0.717) is 23.2 Å².